The van der Waals surface area contributed by atoms with Crippen LogP contribution in [0.1, 0.15) is 44.5 Å². The summed E-state index contributed by atoms with van der Waals surface area (Å²) in [7, 11) is 0. The SMILES string of the molecule is C[C@H](NC(=O)C1CCN(C(=O)C2CC2)CC1)c1ncc(-c2ccccc2)[nH]1. The molecule has 1 aromatic carbocycles. The summed E-state index contributed by atoms with van der Waals surface area (Å²) >= 11 is 0. The second-order valence-electron chi connectivity index (χ2n) is 7.65. The zero-order chi connectivity index (χ0) is 18.8. The summed E-state index contributed by atoms with van der Waals surface area (Å²) in [5, 5.41) is 3.07. The molecule has 6 nitrogen and oxygen atoms in total. The van der Waals surface area contributed by atoms with Gasteiger partial charge >= 0.3 is 0 Å². The molecule has 2 aromatic rings. The maximum absolute atomic E-state index is 12.6. The van der Waals surface area contributed by atoms with Gasteiger partial charge in [-0.05, 0) is 38.2 Å². The zero-order valence-corrected chi connectivity index (χ0v) is 15.6. The molecule has 6 heteroatoms. The first kappa shape index (κ1) is 17.8. The predicted octanol–water partition coefficient (Wildman–Crippen LogP) is 2.90. The largest absolute Gasteiger partial charge is 0.346 e. The second kappa shape index (κ2) is 7.55. The van der Waals surface area contributed by atoms with E-state index in [1.807, 2.05) is 42.2 Å². The summed E-state index contributed by atoms with van der Waals surface area (Å²) in [6.07, 6.45) is 5.35. The number of amides is 2. The van der Waals surface area contributed by atoms with Gasteiger partial charge in [0, 0.05) is 24.9 Å². The number of likely N-dealkylation sites (tertiary alicyclic amines) is 1. The molecule has 4 rings (SSSR count). The molecule has 0 bridgehead atoms. The fourth-order valence-corrected chi connectivity index (χ4v) is 3.67. The van der Waals surface area contributed by atoms with E-state index in [4.69, 9.17) is 0 Å². The molecule has 0 spiro atoms. The van der Waals surface area contributed by atoms with Crippen LogP contribution < -0.4 is 5.32 Å². The van der Waals surface area contributed by atoms with Gasteiger partial charge in [0.25, 0.3) is 0 Å². The molecule has 0 unspecified atom stereocenters. The number of H-pyrrole nitrogens is 1. The lowest BCUT2D eigenvalue weighted by molar-refractivity contribution is -0.136. The van der Waals surface area contributed by atoms with Crippen molar-refractivity contribution in [1.29, 1.82) is 0 Å². The van der Waals surface area contributed by atoms with Crippen molar-refractivity contribution in [2.24, 2.45) is 11.8 Å². The predicted molar refractivity (Wildman–Crippen MR) is 103 cm³/mol. The number of nitrogens with zero attached hydrogens (tertiary/aromatic N) is 2. The zero-order valence-electron chi connectivity index (χ0n) is 15.6. The van der Waals surface area contributed by atoms with Crippen LogP contribution in [0.25, 0.3) is 11.3 Å². The Morgan fingerprint density at radius 2 is 1.81 bits per heavy atom. The molecule has 27 heavy (non-hydrogen) atoms. The summed E-state index contributed by atoms with van der Waals surface area (Å²) in [5.41, 5.74) is 2.01. The van der Waals surface area contributed by atoms with Gasteiger partial charge in [0.1, 0.15) is 5.82 Å². The van der Waals surface area contributed by atoms with E-state index < -0.39 is 0 Å². The van der Waals surface area contributed by atoms with Crippen LogP contribution in [0.5, 0.6) is 0 Å². The number of nitrogens with one attached hydrogen (secondary N) is 2. The van der Waals surface area contributed by atoms with Crippen molar-refractivity contribution in [2.45, 2.75) is 38.6 Å². The molecule has 1 aliphatic heterocycles. The molecule has 0 radical (unpaired) electrons. The Bertz CT molecular complexity index is 805. The fourth-order valence-electron chi connectivity index (χ4n) is 3.67. The Morgan fingerprint density at radius 3 is 2.48 bits per heavy atom. The van der Waals surface area contributed by atoms with Crippen LogP contribution in [-0.2, 0) is 9.59 Å². The van der Waals surface area contributed by atoms with Gasteiger partial charge in [-0.3, -0.25) is 9.59 Å². The minimum Gasteiger partial charge on any atom is -0.346 e. The highest BCUT2D eigenvalue weighted by Crippen LogP contribution is 2.32. The number of piperidine rings is 1. The summed E-state index contributed by atoms with van der Waals surface area (Å²) < 4.78 is 0. The molecule has 2 heterocycles. The highest BCUT2D eigenvalue weighted by molar-refractivity contribution is 5.82. The lowest BCUT2D eigenvalue weighted by Gasteiger charge is -2.32. The van der Waals surface area contributed by atoms with Gasteiger partial charge in [0.15, 0.2) is 0 Å². The number of carbonyl (C=O) groups excluding carboxylic acids is 2. The molecule has 1 aromatic heterocycles. The van der Waals surface area contributed by atoms with Gasteiger partial charge in [-0.25, -0.2) is 4.98 Å². The number of aromatic nitrogens is 2. The number of hydrogen-bond acceptors (Lipinski definition) is 3. The van der Waals surface area contributed by atoms with Crippen LogP contribution in [0.15, 0.2) is 36.5 Å². The summed E-state index contributed by atoms with van der Waals surface area (Å²) in [6, 6.07) is 9.82. The van der Waals surface area contributed by atoms with E-state index in [2.05, 4.69) is 15.3 Å². The van der Waals surface area contributed by atoms with Crippen molar-refractivity contribution in [3.8, 4) is 11.3 Å². The topological polar surface area (TPSA) is 78.1 Å². The second-order valence-corrected chi connectivity index (χ2v) is 7.65. The number of rotatable bonds is 5. The molecular weight excluding hydrogens is 340 g/mol. The van der Waals surface area contributed by atoms with Crippen molar-refractivity contribution < 1.29 is 9.59 Å². The fraction of sp³-hybridized carbons (Fsp3) is 0.476. The standard InChI is InChI=1S/C21H26N4O2/c1-14(19-22-13-18(24-19)15-5-3-2-4-6-15)23-20(26)16-9-11-25(12-10-16)21(27)17-7-8-17/h2-6,13-14,16-17H,7-12H2,1H3,(H,22,24)(H,23,26)/t14-/m0/s1. The van der Waals surface area contributed by atoms with Crippen LogP contribution in [-0.4, -0.2) is 39.8 Å². The minimum absolute atomic E-state index is 0.0285. The normalized spacial score (nSPS) is 18.9. The van der Waals surface area contributed by atoms with Gasteiger partial charge in [0.2, 0.25) is 11.8 Å². The summed E-state index contributed by atoms with van der Waals surface area (Å²) in [5.74, 6) is 1.32. The Hall–Kier alpha value is -2.63. The van der Waals surface area contributed by atoms with Crippen molar-refractivity contribution in [3.05, 3.63) is 42.4 Å². The monoisotopic (exact) mass is 366 g/mol. The highest BCUT2D eigenvalue weighted by Gasteiger charge is 2.36. The molecule has 1 saturated carbocycles. The molecule has 2 aliphatic rings. The molecule has 2 fully saturated rings. The van der Waals surface area contributed by atoms with Crippen molar-refractivity contribution in [3.63, 3.8) is 0 Å². The Balaban J connectivity index is 1.31. The maximum Gasteiger partial charge on any atom is 0.225 e. The first-order valence-electron chi connectivity index (χ1n) is 9.81. The van der Waals surface area contributed by atoms with E-state index >= 15 is 0 Å². The average Bonchev–Trinajstić information content (AvgIpc) is 3.44. The van der Waals surface area contributed by atoms with Crippen molar-refractivity contribution >= 4 is 11.8 Å². The quantitative estimate of drug-likeness (QED) is 0.854. The number of benzene rings is 1. The molecule has 2 amide bonds. The molecule has 1 atom stereocenters. The lowest BCUT2D eigenvalue weighted by atomic mass is 9.95. The number of imidazole rings is 1. The molecule has 1 aliphatic carbocycles. The smallest absolute Gasteiger partial charge is 0.225 e. The van der Waals surface area contributed by atoms with Gasteiger partial charge in [0.05, 0.1) is 17.9 Å². The third-order valence-corrected chi connectivity index (χ3v) is 5.55. The van der Waals surface area contributed by atoms with Crippen molar-refractivity contribution in [2.75, 3.05) is 13.1 Å². The van der Waals surface area contributed by atoms with Crippen LogP contribution in [0.3, 0.4) is 0 Å². The van der Waals surface area contributed by atoms with E-state index in [0.717, 1.165) is 42.8 Å². The summed E-state index contributed by atoms with van der Waals surface area (Å²) in [4.78, 5) is 34.4. The van der Waals surface area contributed by atoms with Crippen molar-refractivity contribution in [1.82, 2.24) is 20.2 Å². The van der Waals surface area contributed by atoms with Gasteiger partial charge in [-0.1, -0.05) is 30.3 Å². The lowest BCUT2D eigenvalue weighted by Crippen LogP contribution is -2.44. The Morgan fingerprint density at radius 1 is 1.11 bits per heavy atom. The van der Waals surface area contributed by atoms with E-state index in [9.17, 15) is 9.59 Å². The first-order valence-corrected chi connectivity index (χ1v) is 9.81. The molecule has 2 N–H and O–H groups in total. The summed E-state index contributed by atoms with van der Waals surface area (Å²) in [6.45, 7) is 3.33. The maximum atomic E-state index is 12.6. The van der Waals surface area contributed by atoms with Gasteiger partial charge in [-0.15, -0.1) is 0 Å². The van der Waals surface area contributed by atoms with E-state index in [1.165, 1.54) is 0 Å². The van der Waals surface area contributed by atoms with Crippen LogP contribution >= 0.6 is 0 Å². The van der Waals surface area contributed by atoms with E-state index in [1.54, 1.807) is 6.20 Å². The highest BCUT2D eigenvalue weighted by atomic mass is 16.2. The van der Waals surface area contributed by atoms with Crippen LogP contribution in [0.2, 0.25) is 0 Å². The third kappa shape index (κ3) is 4.04. The number of aromatic amines is 1. The van der Waals surface area contributed by atoms with E-state index in [-0.39, 0.29) is 29.7 Å². The van der Waals surface area contributed by atoms with Crippen LogP contribution in [0, 0.1) is 11.8 Å². The van der Waals surface area contributed by atoms with Gasteiger partial charge < -0.3 is 15.2 Å². The Kier molecular flexibility index (Phi) is 4.97. The minimum atomic E-state index is -0.180. The van der Waals surface area contributed by atoms with Gasteiger partial charge in [-0.2, -0.15) is 0 Å². The third-order valence-electron chi connectivity index (χ3n) is 5.55. The Labute approximate surface area is 159 Å². The first-order chi connectivity index (χ1) is 13.1. The molecule has 142 valence electrons. The van der Waals surface area contributed by atoms with Crippen LogP contribution in [0.4, 0.5) is 0 Å². The van der Waals surface area contributed by atoms with E-state index in [0.29, 0.717) is 13.1 Å². The average molecular weight is 366 g/mol. The molecular formula is C21H26N4O2. The molecule has 1 saturated heterocycles. The number of carbonyl (C=O) groups is 2. The number of hydrogen-bond donors (Lipinski definition) is 2.